The molecule has 0 atom stereocenters. The van der Waals surface area contributed by atoms with Crippen LogP contribution in [0, 0.1) is 12.7 Å². The van der Waals surface area contributed by atoms with E-state index in [1.165, 1.54) is 19.1 Å². The third-order valence-corrected chi connectivity index (χ3v) is 5.99. The van der Waals surface area contributed by atoms with E-state index < -0.39 is 28.3 Å². The van der Waals surface area contributed by atoms with E-state index in [2.05, 4.69) is 10.6 Å². The van der Waals surface area contributed by atoms with E-state index in [0.29, 0.717) is 16.9 Å². The standard InChI is InChI=1S/C19H22FN3O4S/c1-4-23(28(26,27)18-11-15(20)6-5-13(18)2)12-19(25)22-17-9-7-16(8-10-17)21-14(3)24/h5-11H,4,12H2,1-3H3,(H,21,24)(H,22,25). The first kappa shape index (κ1) is 21.5. The number of halogens is 1. The molecule has 0 fully saturated rings. The first-order chi connectivity index (χ1) is 13.1. The molecular formula is C19H22FN3O4S. The van der Waals surface area contributed by atoms with Crippen molar-refractivity contribution in [1.29, 1.82) is 0 Å². The Morgan fingerprint density at radius 3 is 2.14 bits per heavy atom. The largest absolute Gasteiger partial charge is 0.326 e. The minimum absolute atomic E-state index is 0.0488. The number of nitrogens with zero attached hydrogens (tertiary/aromatic N) is 1. The second-order valence-electron chi connectivity index (χ2n) is 6.15. The molecule has 2 amide bonds. The van der Waals surface area contributed by atoms with E-state index in [0.717, 1.165) is 10.4 Å². The molecule has 0 bridgehead atoms. The van der Waals surface area contributed by atoms with Gasteiger partial charge in [0.05, 0.1) is 11.4 Å². The van der Waals surface area contributed by atoms with E-state index >= 15 is 0 Å². The number of hydrogen-bond acceptors (Lipinski definition) is 4. The highest BCUT2D eigenvalue weighted by Gasteiger charge is 2.27. The van der Waals surface area contributed by atoms with Crippen molar-refractivity contribution >= 4 is 33.2 Å². The van der Waals surface area contributed by atoms with Crippen molar-refractivity contribution in [1.82, 2.24) is 4.31 Å². The van der Waals surface area contributed by atoms with Crippen molar-refractivity contribution < 1.29 is 22.4 Å². The van der Waals surface area contributed by atoms with Crippen molar-refractivity contribution in [3.8, 4) is 0 Å². The maximum atomic E-state index is 13.5. The molecule has 150 valence electrons. The zero-order chi connectivity index (χ0) is 20.9. The summed E-state index contributed by atoms with van der Waals surface area (Å²) in [4.78, 5) is 23.2. The van der Waals surface area contributed by atoms with Gasteiger partial charge in [0.25, 0.3) is 0 Å². The molecule has 0 aliphatic heterocycles. The Labute approximate surface area is 163 Å². The summed E-state index contributed by atoms with van der Waals surface area (Å²) in [6.07, 6.45) is 0. The summed E-state index contributed by atoms with van der Waals surface area (Å²) in [7, 11) is -4.03. The molecule has 2 rings (SSSR count). The van der Waals surface area contributed by atoms with Crippen LogP contribution < -0.4 is 10.6 Å². The van der Waals surface area contributed by atoms with E-state index in [1.807, 2.05) is 0 Å². The number of sulfonamides is 1. The van der Waals surface area contributed by atoms with Gasteiger partial charge < -0.3 is 10.6 Å². The molecule has 2 aromatic carbocycles. The molecule has 0 saturated heterocycles. The van der Waals surface area contributed by atoms with Gasteiger partial charge in [0.2, 0.25) is 21.8 Å². The average molecular weight is 407 g/mol. The molecule has 2 aromatic rings. The summed E-state index contributed by atoms with van der Waals surface area (Å²) < 4.78 is 40.1. The van der Waals surface area contributed by atoms with Crippen molar-refractivity contribution in [3.05, 3.63) is 53.8 Å². The quantitative estimate of drug-likeness (QED) is 0.738. The van der Waals surface area contributed by atoms with Gasteiger partial charge >= 0.3 is 0 Å². The van der Waals surface area contributed by atoms with Gasteiger partial charge in [-0.15, -0.1) is 0 Å². The molecule has 0 aliphatic rings. The first-order valence-electron chi connectivity index (χ1n) is 8.57. The zero-order valence-electron chi connectivity index (χ0n) is 15.8. The van der Waals surface area contributed by atoms with E-state index in [4.69, 9.17) is 0 Å². The van der Waals surface area contributed by atoms with E-state index in [-0.39, 0.29) is 17.3 Å². The number of amides is 2. The normalized spacial score (nSPS) is 11.3. The molecule has 2 N–H and O–H groups in total. The first-order valence-corrected chi connectivity index (χ1v) is 10.0. The van der Waals surface area contributed by atoms with Crippen LogP contribution >= 0.6 is 0 Å². The van der Waals surface area contributed by atoms with Crippen LogP contribution in [0.5, 0.6) is 0 Å². The van der Waals surface area contributed by atoms with Crippen molar-refractivity contribution in [3.63, 3.8) is 0 Å². The SMILES string of the molecule is CCN(CC(=O)Nc1ccc(NC(C)=O)cc1)S(=O)(=O)c1cc(F)ccc1C. The van der Waals surface area contributed by atoms with Gasteiger partial charge in [-0.3, -0.25) is 9.59 Å². The maximum absolute atomic E-state index is 13.5. The van der Waals surface area contributed by atoms with Crippen LogP contribution in [-0.2, 0) is 19.6 Å². The summed E-state index contributed by atoms with van der Waals surface area (Å²) in [6, 6.07) is 9.92. The molecule has 28 heavy (non-hydrogen) atoms. The average Bonchev–Trinajstić information content (AvgIpc) is 2.62. The van der Waals surface area contributed by atoms with Crippen molar-refractivity contribution in [2.24, 2.45) is 0 Å². The van der Waals surface area contributed by atoms with Crippen LogP contribution in [0.2, 0.25) is 0 Å². The Bertz CT molecular complexity index is 975. The summed E-state index contributed by atoms with van der Waals surface area (Å²) in [6.45, 7) is 4.18. The third-order valence-electron chi connectivity index (χ3n) is 3.93. The number of benzene rings is 2. The molecule has 0 aliphatic carbocycles. The van der Waals surface area contributed by atoms with E-state index in [9.17, 15) is 22.4 Å². The van der Waals surface area contributed by atoms with Gasteiger partial charge in [0, 0.05) is 24.8 Å². The lowest BCUT2D eigenvalue weighted by Gasteiger charge is -2.21. The van der Waals surface area contributed by atoms with Crippen LogP contribution in [0.15, 0.2) is 47.4 Å². The lowest BCUT2D eigenvalue weighted by molar-refractivity contribution is -0.116. The number of anilines is 2. The van der Waals surface area contributed by atoms with Crippen LogP contribution in [0.1, 0.15) is 19.4 Å². The lowest BCUT2D eigenvalue weighted by atomic mass is 10.2. The highest BCUT2D eigenvalue weighted by molar-refractivity contribution is 7.89. The predicted octanol–water partition coefficient (Wildman–Crippen LogP) is 2.74. The topological polar surface area (TPSA) is 95.6 Å². The van der Waals surface area contributed by atoms with Gasteiger partial charge in [-0.2, -0.15) is 4.31 Å². The number of hydrogen-bond donors (Lipinski definition) is 2. The summed E-state index contributed by atoms with van der Waals surface area (Å²) in [5.41, 5.74) is 1.42. The summed E-state index contributed by atoms with van der Waals surface area (Å²) >= 11 is 0. The van der Waals surface area contributed by atoms with Crippen LogP contribution in [0.25, 0.3) is 0 Å². The van der Waals surface area contributed by atoms with E-state index in [1.54, 1.807) is 38.1 Å². The predicted molar refractivity (Wildman–Crippen MR) is 105 cm³/mol. The Kier molecular flexibility index (Phi) is 6.87. The fourth-order valence-electron chi connectivity index (χ4n) is 2.56. The smallest absolute Gasteiger partial charge is 0.243 e. The van der Waals surface area contributed by atoms with Gasteiger partial charge in [-0.05, 0) is 48.9 Å². The number of rotatable bonds is 7. The molecule has 0 spiro atoms. The minimum atomic E-state index is -4.03. The molecule has 0 radical (unpaired) electrons. The van der Waals surface area contributed by atoms with Crippen molar-refractivity contribution in [2.45, 2.75) is 25.7 Å². The third kappa shape index (κ3) is 5.37. The fraction of sp³-hybridized carbons (Fsp3) is 0.263. The van der Waals surface area contributed by atoms with Crippen LogP contribution in [0.3, 0.4) is 0 Å². The minimum Gasteiger partial charge on any atom is -0.326 e. The Hall–Kier alpha value is -2.78. The number of likely N-dealkylation sites (N-methyl/N-ethyl adjacent to an activating group) is 1. The highest BCUT2D eigenvalue weighted by atomic mass is 32.2. The monoisotopic (exact) mass is 407 g/mol. The second-order valence-corrected chi connectivity index (χ2v) is 8.05. The number of carbonyl (C=O) groups excluding carboxylic acids is 2. The van der Waals surface area contributed by atoms with Gasteiger partial charge in [-0.1, -0.05) is 13.0 Å². The Balaban J connectivity index is 2.12. The van der Waals surface area contributed by atoms with Gasteiger partial charge in [0.1, 0.15) is 5.82 Å². The fourth-order valence-corrected chi connectivity index (χ4v) is 4.20. The molecule has 0 saturated carbocycles. The molecule has 9 heteroatoms. The van der Waals surface area contributed by atoms with Gasteiger partial charge in [-0.25, -0.2) is 12.8 Å². The molecule has 7 nitrogen and oxygen atoms in total. The number of nitrogens with one attached hydrogen (secondary N) is 2. The molecule has 0 aromatic heterocycles. The second kappa shape index (κ2) is 8.94. The lowest BCUT2D eigenvalue weighted by Crippen LogP contribution is -2.38. The Morgan fingerprint density at radius 1 is 1.04 bits per heavy atom. The van der Waals surface area contributed by atoms with Gasteiger partial charge in [0.15, 0.2) is 0 Å². The number of aryl methyl sites for hydroxylation is 1. The molecule has 0 unspecified atom stereocenters. The zero-order valence-corrected chi connectivity index (χ0v) is 16.6. The Morgan fingerprint density at radius 2 is 1.61 bits per heavy atom. The molecular weight excluding hydrogens is 385 g/mol. The highest BCUT2D eigenvalue weighted by Crippen LogP contribution is 2.21. The number of carbonyl (C=O) groups is 2. The van der Waals surface area contributed by atoms with Crippen LogP contribution in [-0.4, -0.2) is 37.6 Å². The molecule has 0 heterocycles. The summed E-state index contributed by atoms with van der Waals surface area (Å²) in [5.74, 6) is -1.41. The van der Waals surface area contributed by atoms with Crippen molar-refractivity contribution in [2.75, 3.05) is 23.7 Å². The maximum Gasteiger partial charge on any atom is 0.243 e. The van der Waals surface area contributed by atoms with Crippen LogP contribution in [0.4, 0.5) is 15.8 Å². The summed E-state index contributed by atoms with van der Waals surface area (Å²) in [5, 5.41) is 5.21.